The number of methoxy groups -OCH3 is 2. The molecule has 4 aromatic carbocycles. The summed E-state index contributed by atoms with van der Waals surface area (Å²) in [6.07, 6.45) is 3.78. The average molecular weight is 525 g/mol. The van der Waals surface area contributed by atoms with E-state index in [1.807, 2.05) is 97.1 Å². The first-order valence-corrected chi connectivity index (χ1v) is 12.6. The first-order chi connectivity index (χ1) is 19.1. The number of hydrogen-bond acceptors (Lipinski definition) is 5. The van der Waals surface area contributed by atoms with Gasteiger partial charge in [0.15, 0.2) is 23.0 Å². The van der Waals surface area contributed by atoms with E-state index in [2.05, 4.69) is 0 Å². The van der Waals surface area contributed by atoms with E-state index in [4.69, 9.17) is 18.9 Å². The molecule has 200 valence electrons. The van der Waals surface area contributed by atoms with Crippen molar-refractivity contribution in [3.05, 3.63) is 125 Å². The maximum atomic E-state index is 12.1. The highest BCUT2D eigenvalue weighted by Gasteiger charge is 2.17. The van der Waals surface area contributed by atoms with Crippen molar-refractivity contribution in [2.45, 2.75) is 19.6 Å². The van der Waals surface area contributed by atoms with Crippen molar-refractivity contribution in [3.8, 4) is 23.0 Å². The van der Waals surface area contributed by atoms with E-state index in [9.17, 15) is 9.90 Å². The quantitative estimate of drug-likeness (QED) is 0.207. The topological polar surface area (TPSA) is 74.2 Å². The molecular weight excluding hydrogens is 492 g/mol. The number of rotatable bonds is 13. The van der Waals surface area contributed by atoms with E-state index in [1.165, 1.54) is 0 Å². The van der Waals surface area contributed by atoms with Gasteiger partial charge in [-0.15, -0.1) is 0 Å². The summed E-state index contributed by atoms with van der Waals surface area (Å²) in [6.45, 7) is 0.837. The predicted molar refractivity (Wildman–Crippen MR) is 151 cm³/mol. The minimum Gasteiger partial charge on any atom is -0.493 e. The molecular formula is C33H32O6. The molecule has 0 spiro atoms. The average Bonchev–Trinajstić information content (AvgIpc) is 2.98. The first kappa shape index (κ1) is 27.3. The summed E-state index contributed by atoms with van der Waals surface area (Å²) >= 11 is 0. The van der Waals surface area contributed by atoms with Crippen molar-refractivity contribution >= 4 is 12.0 Å². The van der Waals surface area contributed by atoms with E-state index < -0.39 is 11.9 Å². The summed E-state index contributed by atoms with van der Waals surface area (Å²) in [4.78, 5) is 12.1. The maximum absolute atomic E-state index is 12.1. The molecule has 0 aliphatic rings. The Morgan fingerprint density at radius 2 is 1.23 bits per heavy atom. The van der Waals surface area contributed by atoms with Crippen LogP contribution in [0.25, 0.3) is 6.08 Å². The highest BCUT2D eigenvalue weighted by molar-refractivity contribution is 5.74. The Bertz CT molecular complexity index is 1380. The fraction of sp³-hybridized carbons (Fsp3) is 0.182. The van der Waals surface area contributed by atoms with E-state index in [0.29, 0.717) is 42.6 Å². The highest BCUT2D eigenvalue weighted by Crippen LogP contribution is 2.31. The first-order valence-electron chi connectivity index (χ1n) is 12.6. The molecule has 0 bridgehead atoms. The van der Waals surface area contributed by atoms with Crippen LogP contribution in [-0.2, 0) is 24.4 Å². The molecule has 1 atom stereocenters. The molecule has 0 radical (unpaired) electrons. The molecule has 6 nitrogen and oxygen atoms in total. The number of carboxylic acids is 1. The van der Waals surface area contributed by atoms with Crippen molar-refractivity contribution < 1.29 is 28.8 Å². The smallest absolute Gasteiger partial charge is 0.310 e. The Balaban J connectivity index is 1.42. The Labute approximate surface area is 229 Å². The molecule has 0 aliphatic heterocycles. The SMILES string of the molecule is COc1cc(/C=C/C(Cc2ccc(OCc3ccccc3)c(OC)c2)C(=O)O)ccc1OCc1ccccc1. The molecule has 1 unspecified atom stereocenters. The van der Waals surface area contributed by atoms with Crippen LogP contribution in [0.3, 0.4) is 0 Å². The Hall–Kier alpha value is -4.71. The predicted octanol–water partition coefficient (Wildman–Crippen LogP) is 6.82. The van der Waals surface area contributed by atoms with Gasteiger partial charge >= 0.3 is 5.97 Å². The number of hydrogen-bond donors (Lipinski definition) is 1. The second kappa shape index (κ2) is 13.7. The normalized spacial score (nSPS) is 11.6. The molecule has 0 amide bonds. The number of carboxylic acid groups (broad SMARTS) is 1. The standard InChI is InChI=1S/C33H32O6/c1-36-31-20-24(14-17-29(31)38-22-25-9-5-3-6-10-25)13-16-28(33(34)35)19-27-15-18-30(32(21-27)37-2)39-23-26-11-7-4-8-12-26/h3-18,20-21,28H,19,22-23H2,1-2H3,(H,34,35)/b16-13+. The molecule has 0 aliphatic carbocycles. The van der Waals surface area contributed by atoms with Gasteiger partial charge in [-0.3, -0.25) is 4.79 Å². The molecule has 6 heteroatoms. The number of carbonyl (C=O) groups is 1. The van der Waals surface area contributed by atoms with Gasteiger partial charge in [0.05, 0.1) is 20.1 Å². The van der Waals surface area contributed by atoms with Gasteiger partial charge in [0.25, 0.3) is 0 Å². The van der Waals surface area contributed by atoms with Gasteiger partial charge in [0, 0.05) is 0 Å². The largest absolute Gasteiger partial charge is 0.493 e. The number of benzene rings is 4. The lowest BCUT2D eigenvalue weighted by Gasteiger charge is -2.14. The summed E-state index contributed by atoms with van der Waals surface area (Å²) < 4.78 is 22.9. The molecule has 0 heterocycles. The lowest BCUT2D eigenvalue weighted by Crippen LogP contribution is -2.14. The van der Waals surface area contributed by atoms with E-state index >= 15 is 0 Å². The third-order valence-electron chi connectivity index (χ3n) is 6.18. The molecule has 0 saturated heterocycles. The summed E-state index contributed by atoms with van der Waals surface area (Å²) in [5, 5.41) is 9.88. The third-order valence-corrected chi connectivity index (χ3v) is 6.18. The summed E-state index contributed by atoms with van der Waals surface area (Å²) in [6, 6.07) is 30.8. The van der Waals surface area contributed by atoms with Crippen LogP contribution in [0.1, 0.15) is 22.3 Å². The Morgan fingerprint density at radius 3 is 1.77 bits per heavy atom. The van der Waals surface area contributed by atoms with Crippen LogP contribution in [0, 0.1) is 5.92 Å². The lowest BCUT2D eigenvalue weighted by molar-refractivity contribution is -0.140. The van der Waals surface area contributed by atoms with Crippen molar-refractivity contribution in [3.63, 3.8) is 0 Å². The van der Waals surface area contributed by atoms with Gasteiger partial charge in [-0.05, 0) is 52.9 Å². The molecule has 39 heavy (non-hydrogen) atoms. The minimum atomic E-state index is -0.913. The molecule has 0 aromatic heterocycles. The van der Waals surface area contributed by atoms with Gasteiger partial charge in [-0.2, -0.15) is 0 Å². The van der Waals surface area contributed by atoms with Crippen LogP contribution in [0.4, 0.5) is 0 Å². The fourth-order valence-corrected chi connectivity index (χ4v) is 4.05. The van der Waals surface area contributed by atoms with Crippen molar-refractivity contribution in [2.75, 3.05) is 14.2 Å². The molecule has 0 fully saturated rings. The van der Waals surface area contributed by atoms with Crippen LogP contribution >= 0.6 is 0 Å². The zero-order chi connectivity index (χ0) is 27.5. The number of aliphatic carboxylic acids is 1. The van der Waals surface area contributed by atoms with E-state index in [1.54, 1.807) is 26.4 Å². The van der Waals surface area contributed by atoms with Gasteiger partial charge < -0.3 is 24.1 Å². The highest BCUT2D eigenvalue weighted by atomic mass is 16.5. The van der Waals surface area contributed by atoms with E-state index in [-0.39, 0.29) is 0 Å². The molecule has 4 aromatic rings. The Morgan fingerprint density at radius 1 is 0.692 bits per heavy atom. The molecule has 0 saturated carbocycles. The van der Waals surface area contributed by atoms with E-state index in [0.717, 1.165) is 22.3 Å². The monoisotopic (exact) mass is 524 g/mol. The minimum absolute atomic E-state index is 0.302. The third kappa shape index (κ3) is 7.89. The maximum Gasteiger partial charge on any atom is 0.310 e. The molecule has 1 N–H and O–H groups in total. The van der Waals surface area contributed by atoms with Crippen molar-refractivity contribution in [1.82, 2.24) is 0 Å². The van der Waals surface area contributed by atoms with Gasteiger partial charge in [0.1, 0.15) is 13.2 Å². The summed E-state index contributed by atoms with van der Waals surface area (Å²) in [5.74, 6) is 0.725. The lowest BCUT2D eigenvalue weighted by atomic mass is 9.97. The summed E-state index contributed by atoms with van der Waals surface area (Å²) in [7, 11) is 3.16. The van der Waals surface area contributed by atoms with Crippen molar-refractivity contribution in [2.24, 2.45) is 5.92 Å². The fourth-order valence-electron chi connectivity index (χ4n) is 4.05. The van der Waals surface area contributed by atoms with Crippen LogP contribution in [-0.4, -0.2) is 25.3 Å². The second-order valence-electron chi connectivity index (χ2n) is 8.95. The number of ether oxygens (including phenoxy) is 4. The second-order valence-corrected chi connectivity index (χ2v) is 8.95. The van der Waals surface area contributed by atoms with Gasteiger partial charge in [0.2, 0.25) is 0 Å². The van der Waals surface area contributed by atoms with Gasteiger partial charge in [-0.25, -0.2) is 0 Å². The van der Waals surface area contributed by atoms with Crippen LogP contribution in [0.15, 0.2) is 103 Å². The van der Waals surface area contributed by atoms with Crippen LogP contribution in [0.5, 0.6) is 23.0 Å². The van der Waals surface area contributed by atoms with Crippen LogP contribution in [0.2, 0.25) is 0 Å². The zero-order valence-corrected chi connectivity index (χ0v) is 22.1. The van der Waals surface area contributed by atoms with Crippen molar-refractivity contribution in [1.29, 1.82) is 0 Å². The molecule has 4 rings (SSSR count). The van der Waals surface area contributed by atoms with Gasteiger partial charge in [-0.1, -0.05) is 84.9 Å². The van der Waals surface area contributed by atoms with Crippen LogP contribution < -0.4 is 18.9 Å². The zero-order valence-electron chi connectivity index (χ0n) is 22.1. The summed E-state index contributed by atoms with van der Waals surface area (Å²) in [5.41, 5.74) is 3.75. The Kier molecular flexibility index (Phi) is 9.62.